The molecule has 0 saturated heterocycles. The van der Waals surface area contributed by atoms with Gasteiger partial charge in [-0.05, 0) is 12.1 Å². The second-order valence-corrected chi connectivity index (χ2v) is 1.64. The summed E-state index contributed by atoms with van der Waals surface area (Å²) >= 11 is 0. The predicted octanol–water partition coefficient (Wildman–Crippen LogP) is 1.03. The highest BCUT2D eigenvalue weighted by Crippen LogP contribution is 1.92. The Morgan fingerprint density at radius 1 is 1.67 bits per heavy atom. The first-order valence-corrected chi connectivity index (χ1v) is 2.57. The average molecular weight is 121 g/mol. The smallest absolute Gasteiger partial charge is 0.0950 e. The maximum atomic E-state index is 7.12. The maximum absolute atomic E-state index is 7.12. The van der Waals surface area contributed by atoms with Gasteiger partial charge in [-0.2, -0.15) is 0 Å². The molecule has 0 bridgehead atoms. The molecule has 0 fully saturated rings. The minimum absolute atomic E-state index is 0.208. The van der Waals surface area contributed by atoms with Crippen LogP contribution in [0.5, 0.6) is 0 Å². The fourth-order valence-electron chi connectivity index (χ4n) is 0.576. The fraction of sp³-hybridized carbons (Fsp3) is 0. The highest BCUT2D eigenvalue weighted by atomic mass is 14.7. The molecule has 3 nitrogen and oxygen atoms in total. The fourth-order valence-corrected chi connectivity index (χ4v) is 0.576. The lowest BCUT2D eigenvalue weighted by Gasteiger charge is -1.87. The van der Waals surface area contributed by atoms with Crippen molar-refractivity contribution in [2.24, 2.45) is 0 Å². The van der Waals surface area contributed by atoms with Gasteiger partial charge in [-0.15, -0.1) is 0 Å². The zero-order valence-corrected chi connectivity index (χ0v) is 4.81. The number of hydrogen-bond acceptors (Lipinski definition) is 2. The van der Waals surface area contributed by atoms with Crippen LogP contribution in [0.3, 0.4) is 0 Å². The van der Waals surface area contributed by atoms with Crippen LogP contribution in [0.1, 0.15) is 5.69 Å². The molecule has 1 heterocycles. The van der Waals surface area contributed by atoms with Gasteiger partial charge in [-0.1, -0.05) is 0 Å². The van der Waals surface area contributed by atoms with Crippen LogP contribution in [0.2, 0.25) is 0 Å². The van der Waals surface area contributed by atoms with E-state index in [0.717, 1.165) is 6.21 Å². The van der Waals surface area contributed by atoms with Crippen molar-refractivity contribution in [3.8, 4) is 0 Å². The molecule has 0 saturated carbocycles. The van der Waals surface area contributed by atoms with Crippen molar-refractivity contribution in [1.29, 1.82) is 10.8 Å². The van der Waals surface area contributed by atoms with Crippen LogP contribution in [-0.4, -0.2) is 16.9 Å². The van der Waals surface area contributed by atoms with Gasteiger partial charge < -0.3 is 10.4 Å². The largest absolute Gasteiger partial charge is 0.360 e. The molecule has 0 aliphatic heterocycles. The summed E-state index contributed by atoms with van der Waals surface area (Å²) in [6.45, 7) is 0. The third kappa shape index (κ3) is 1.05. The SMILES string of the molecule is N=CC(=N)c1ccc[nH]1. The van der Waals surface area contributed by atoms with Crippen molar-refractivity contribution >= 4 is 11.9 Å². The Morgan fingerprint density at radius 2 is 2.44 bits per heavy atom. The van der Waals surface area contributed by atoms with E-state index in [1.54, 1.807) is 18.3 Å². The molecular formula is C6H7N3. The van der Waals surface area contributed by atoms with Crippen LogP contribution in [0, 0.1) is 10.8 Å². The van der Waals surface area contributed by atoms with Crippen molar-refractivity contribution in [2.75, 3.05) is 0 Å². The summed E-state index contributed by atoms with van der Waals surface area (Å²) in [5.41, 5.74) is 0.894. The summed E-state index contributed by atoms with van der Waals surface area (Å²) in [4.78, 5) is 2.81. The van der Waals surface area contributed by atoms with E-state index in [1.807, 2.05) is 0 Å². The molecule has 3 N–H and O–H groups in total. The minimum Gasteiger partial charge on any atom is -0.360 e. The molecule has 0 aliphatic carbocycles. The lowest BCUT2D eigenvalue weighted by molar-refractivity contribution is 1.35. The van der Waals surface area contributed by atoms with E-state index in [1.165, 1.54) is 0 Å². The molecule has 0 unspecified atom stereocenters. The quantitative estimate of drug-likeness (QED) is 0.489. The number of nitrogens with one attached hydrogen (secondary N) is 3. The monoisotopic (exact) mass is 121 g/mol. The van der Waals surface area contributed by atoms with E-state index in [0.29, 0.717) is 5.69 Å². The van der Waals surface area contributed by atoms with Crippen LogP contribution < -0.4 is 0 Å². The summed E-state index contributed by atoms with van der Waals surface area (Å²) in [7, 11) is 0. The summed E-state index contributed by atoms with van der Waals surface area (Å²) in [6, 6.07) is 3.56. The van der Waals surface area contributed by atoms with Gasteiger partial charge in [0.05, 0.1) is 11.4 Å². The van der Waals surface area contributed by atoms with Crippen LogP contribution in [0.25, 0.3) is 0 Å². The highest BCUT2D eigenvalue weighted by Gasteiger charge is 1.93. The summed E-state index contributed by atoms with van der Waals surface area (Å²) in [5, 5.41) is 13.8. The van der Waals surface area contributed by atoms with Gasteiger partial charge in [0.25, 0.3) is 0 Å². The number of aromatic nitrogens is 1. The van der Waals surface area contributed by atoms with E-state index < -0.39 is 0 Å². The minimum atomic E-state index is 0.208. The van der Waals surface area contributed by atoms with Crippen molar-refractivity contribution in [1.82, 2.24) is 4.98 Å². The van der Waals surface area contributed by atoms with E-state index in [-0.39, 0.29) is 5.71 Å². The second-order valence-electron chi connectivity index (χ2n) is 1.64. The molecule has 0 atom stereocenters. The van der Waals surface area contributed by atoms with Gasteiger partial charge in [0, 0.05) is 12.4 Å². The van der Waals surface area contributed by atoms with Crippen LogP contribution in [0.15, 0.2) is 18.3 Å². The first-order chi connectivity index (χ1) is 4.34. The summed E-state index contributed by atoms with van der Waals surface area (Å²) in [5.74, 6) is 0. The first-order valence-electron chi connectivity index (χ1n) is 2.57. The van der Waals surface area contributed by atoms with Crippen molar-refractivity contribution in [3.63, 3.8) is 0 Å². The van der Waals surface area contributed by atoms with Gasteiger partial charge in [-0.3, -0.25) is 5.41 Å². The van der Waals surface area contributed by atoms with E-state index in [9.17, 15) is 0 Å². The van der Waals surface area contributed by atoms with Gasteiger partial charge in [0.15, 0.2) is 0 Å². The Kier molecular flexibility index (Phi) is 1.44. The zero-order valence-electron chi connectivity index (χ0n) is 4.81. The van der Waals surface area contributed by atoms with E-state index in [2.05, 4.69) is 4.98 Å². The van der Waals surface area contributed by atoms with E-state index in [4.69, 9.17) is 10.8 Å². The van der Waals surface area contributed by atoms with E-state index >= 15 is 0 Å². The molecule has 3 heteroatoms. The molecule has 0 aliphatic rings. The molecule has 1 aromatic heterocycles. The summed E-state index contributed by atoms with van der Waals surface area (Å²) in [6.07, 6.45) is 2.74. The van der Waals surface area contributed by atoms with Crippen molar-refractivity contribution in [2.45, 2.75) is 0 Å². The van der Waals surface area contributed by atoms with Gasteiger partial charge in [0.1, 0.15) is 0 Å². The molecule has 0 amide bonds. The molecule has 0 aromatic carbocycles. The Morgan fingerprint density at radius 3 is 2.89 bits per heavy atom. The normalized spacial score (nSPS) is 8.89. The highest BCUT2D eigenvalue weighted by molar-refractivity contribution is 6.35. The molecule has 9 heavy (non-hydrogen) atoms. The number of hydrogen-bond donors (Lipinski definition) is 3. The topological polar surface area (TPSA) is 63.5 Å². The summed E-state index contributed by atoms with van der Waals surface area (Å²) < 4.78 is 0. The van der Waals surface area contributed by atoms with Crippen LogP contribution in [0.4, 0.5) is 0 Å². The third-order valence-corrected chi connectivity index (χ3v) is 1.03. The molecule has 0 radical (unpaired) electrons. The Labute approximate surface area is 52.7 Å². The predicted molar refractivity (Wildman–Crippen MR) is 36.4 cm³/mol. The number of rotatable bonds is 2. The number of aromatic amines is 1. The third-order valence-electron chi connectivity index (χ3n) is 1.03. The lowest BCUT2D eigenvalue weighted by Crippen LogP contribution is -1.98. The van der Waals surface area contributed by atoms with Crippen molar-refractivity contribution in [3.05, 3.63) is 24.0 Å². The van der Waals surface area contributed by atoms with Crippen LogP contribution in [-0.2, 0) is 0 Å². The molecule has 0 spiro atoms. The Hall–Kier alpha value is -1.38. The number of H-pyrrole nitrogens is 1. The van der Waals surface area contributed by atoms with Crippen molar-refractivity contribution < 1.29 is 0 Å². The van der Waals surface area contributed by atoms with Gasteiger partial charge >= 0.3 is 0 Å². The van der Waals surface area contributed by atoms with Gasteiger partial charge in [-0.25, -0.2) is 0 Å². The first kappa shape index (κ1) is 5.75. The molecular weight excluding hydrogens is 114 g/mol. The maximum Gasteiger partial charge on any atom is 0.0950 e. The Balaban J connectivity index is 2.89. The zero-order chi connectivity index (χ0) is 6.69. The second kappa shape index (κ2) is 2.26. The lowest BCUT2D eigenvalue weighted by atomic mass is 10.3. The molecule has 1 aromatic rings. The average Bonchev–Trinajstić information content (AvgIpc) is 2.37. The molecule has 46 valence electrons. The standard InChI is InChI=1S/C6H7N3/c7-4-5(8)6-2-1-3-9-6/h1-4,7-9H. The van der Waals surface area contributed by atoms with Gasteiger partial charge in [0.2, 0.25) is 0 Å². The van der Waals surface area contributed by atoms with Crippen LogP contribution >= 0.6 is 0 Å². The molecule has 1 rings (SSSR count). The Bertz CT molecular complexity index is 210.